The zero-order chi connectivity index (χ0) is 22.1. The van der Waals surface area contributed by atoms with Crippen molar-refractivity contribution in [2.24, 2.45) is 5.92 Å². The Balaban J connectivity index is 1.37. The van der Waals surface area contributed by atoms with Crippen LogP contribution in [0.5, 0.6) is 0 Å². The Morgan fingerprint density at radius 3 is 2.16 bits per heavy atom. The number of nitrogens with zero attached hydrogens (tertiary/aromatic N) is 2. The minimum Gasteiger partial charge on any atom is -0.481 e. The molecule has 2 aliphatic rings. The number of amides is 1. The smallest absolute Gasteiger partial charge is 0.314 e. The molecular weight excluding hydrogens is 436 g/mol. The number of carboxylic acid groups (broad SMARTS) is 1. The van der Waals surface area contributed by atoms with Gasteiger partial charge in [-0.3, -0.25) is 9.59 Å². The quantitative estimate of drug-likeness (QED) is 0.737. The van der Waals surface area contributed by atoms with Crippen molar-refractivity contribution in [3.8, 4) is 0 Å². The van der Waals surface area contributed by atoms with Gasteiger partial charge in [0, 0.05) is 32.1 Å². The molecule has 31 heavy (non-hydrogen) atoms. The van der Waals surface area contributed by atoms with E-state index in [4.69, 9.17) is 0 Å². The molecule has 9 heteroatoms. The number of carboxylic acids is 1. The Kier molecular flexibility index (Phi) is 6.18. The molecule has 7 nitrogen and oxygen atoms in total. The van der Waals surface area contributed by atoms with Crippen LogP contribution >= 0.6 is 11.3 Å². The highest BCUT2D eigenvalue weighted by atomic mass is 32.2. The van der Waals surface area contributed by atoms with Crippen LogP contribution in [0.15, 0.2) is 52.1 Å². The molecule has 1 aromatic carbocycles. The number of likely N-dealkylation sites (tertiary alicyclic amines) is 1. The van der Waals surface area contributed by atoms with Crippen molar-refractivity contribution in [1.82, 2.24) is 9.21 Å². The van der Waals surface area contributed by atoms with Crippen molar-refractivity contribution in [3.05, 3.63) is 53.4 Å². The number of carbonyl (C=O) groups excluding carboxylic acids is 1. The van der Waals surface area contributed by atoms with Crippen molar-refractivity contribution in [3.63, 3.8) is 0 Å². The van der Waals surface area contributed by atoms with Crippen LogP contribution < -0.4 is 0 Å². The van der Waals surface area contributed by atoms with Crippen LogP contribution in [0.1, 0.15) is 31.2 Å². The molecule has 1 N–H and O–H groups in total. The first-order valence-corrected chi connectivity index (χ1v) is 12.8. The third-order valence-electron chi connectivity index (χ3n) is 6.56. The first kappa shape index (κ1) is 22.0. The lowest BCUT2D eigenvalue weighted by Gasteiger charge is -2.41. The molecule has 0 radical (unpaired) electrons. The fraction of sp³-hybridized carbons (Fsp3) is 0.455. The second kappa shape index (κ2) is 8.72. The number of sulfonamides is 1. The van der Waals surface area contributed by atoms with E-state index in [2.05, 4.69) is 0 Å². The molecule has 0 bridgehead atoms. The maximum absolute atomic E-state index is 13.1. The van der Waals surface area contributed by atoms with E-state index < -0.39 is 21.4 Å². The van der Waals surface area contributed by atoms with Gasteiger partial charge in [0.05, 0.1) is 5.41 Å². The molecule has 2 fully saturated rings. The molecule has 2 saturated heterocycles. The number of hydrogen-bond donors (Lipinski definition) is 1. The van der Waals surface area contributed by atoms with E-state index in [-0.39, 0.29) is 11.8 Å². The Morgan fingerprint density at radius 1 is 0.968 bits per heavy atom. The summed E-state index contributed by atoms with van der Waals surface area (Å²) >= 11 is 1.20. The summed E-state index contributed by atoms with van der Waals surface area (Å²) in [6.07, 6.45) is 1.73. The second-order valence-corrected chi connectivity index (χ2v) is 11.3. The maximum Gasteiger partial charge on any atom is 0.314 e. The third-order valence-corrected chi connectivity index (χ3v) is 9.83. The molecule has 0 aliphatic carbocycles. The average Bonchev–Trinajstić information content (AvgIpc) is 3.35. The molecular formula is C22H26N2O5S2. The van der Waals surface area contributed by atoms with Crippen molar-refractivity contribution >= 4 is 33.2 Å². The lowest BCUT2D eigenvalue weighted by atomic mass is 9.72. The number of carbonyl (C=O) groups is 2. The van der Waals surface area contributed by atoms with Crippen LogP contribution in [0.4, 0.5) is 0 Å². The molecule has 3 heterocycles. The largest absolute Gasteiger partial charge is 0.481 e. The highest BCUT2D eigenvalue weighted by molar-refractivity contribution is 7.91. The van der Waals surface area contributed by atoms with Gasteiger partial charge in [0.15, 0.2) is 0 Å². The van der Waals surface area contributed by atoms with Crippen LogP contribution in [0, 0.1) is 5.92 Å². The van der Waals surface area contributed by atoms with Crippen LogP contribution in [-0.4, -0.2) is 60.8 Å². The number of aliphatic carboxylic acids is 1. The molecule has 166 valence electrons. The van der Waals surface area contributed by atoms with Crippen LogP contribution in [0.25, 0.3) is 0 Å². The molecule has 0 spiro atoms. The molecule has 2 aliphatic heterocycles. The summed E-state index contributed by atoms with van der Waals surface area (Å²) in [7, 11) is -3.49. The van der Waals surface area contributed by atoms with Crippen LogP contribution in [-0.2, 0) is 25.0 Å². The molecule has 2 aromatic rings. The van der Waals surface area contributed by atoms with E-state index >= 15 is 0 Å². The standard InChI is InChI=1S/C22H26N2O5S2/c25-20(17-8-12-24(13-9-17)31(28,29)19-7-4-16-30-19)23-14-10-22(11-15-23,21(26)27)18-5-2-1-3-6-18/h1-7,16-17H,8-15H2,(H,26,27). The van der Waals surface area contributed by atoms with E-state index in [1.54, 1.807) is 22.4 Å². The molecule has 0 unspecified atom stereocenters. The average molecular weight is 463 g/mol. The fourth-order valence-electron chi connectivity index (χ4n) is 4.63. The van der Waals surface area contributed by atoms with E-state index in [0.29, 0.717) is 56.1 Å². The zero-order valence-corrected chi connectivity index (χ0v) is 18.8. The predicted octanol–water partition coefficient (Wildman–Crippen LogP) is 2.79. The minimum absolute atomic E-state index is 0.0141. The summed E-state index contributed by atoms with van der Waals surface area (Å²) in [4.78, 5) is 26.9. The summed E-state index contributed by atoms with van der Waals surface area (Å²) in [6, 6.07) is 12.6. The summed E-state index contributed by atoms with van der Waals surface area (Å²) in [5, 5.41) is 11.7. The van der Waals surface area contributed by atoms with E-state index in [1.807, 2.05) is 30.3 Å². The summed E-state index contributed by atoms with van der Waals surface area (Å²) < 4.78 is 27.2. The number of thiophene rings is 1. The Morgan fingerprint density at radius 2 is 1.61 bits per heavy atom. The first-order valence-electron chi connectivity index (χ1n) is 10.5. The number of rotatable bonds is 5. The minimum atomic E-state index is -3.49. The van der Waals surface area contributed by atoms with E-state index in [0.717, 1.165) is 5.56 Å². The summed E-state index contributed by atoms with van der Waals surface area (Å²) in [6.45, 7) is 1.45. The normalized spacial score (nSPS) is 20.5. The summed E-state index contributed by atoms with van der Waals surface area (Å²) in [5.41, 5.74) is -0.183. The van der Waals surface area contributed by atoms with Crippen molar-refractivity contribution in [2.75, 3.05) is 26.2 Å². The number of hydrogen-bond acceptors (Lipinski definition) is 5. The van der Waals surface area contributed by atoms with Gasteiger partial charge in [0.2, 0.25) is 5.91 Å². The van der Waals surface area contributed by atoms with Crippen molar-refractivity contribution in [1.29, 1.82) is 0 Å². The van der Waals surface area contributed by atoms with Gasteiger partial charge >= 0.3 is 5.97 Å². The van der Waals surface area contributed by atoms with Crippen LogP contribution in [0.3, 0.4) is 0 Å². The summed E-state index contributed by atoms with van der Waals surface area (Å²) in [5.74, 6) is -1.05. The lowest BCUT2D eigenvalue weighted by Crippen LogP contribution is -2.51. The number of piperidine rings is 2. The van der Waals surface area contributed by atoms with Gasteiger partial charge in [-0.15, -0.1) is 11.3 Å². The van der Waals surface area contributed by atoms with Gasteiger partial charge in [-0.25, -0.2) is 8.42 Å². The fourth-order valence-corrected chi connectivity index (χ4v) is 7.25. The molecule has 0 saturated carbocycles. The molecule has 1 aromatic heterocycles. The van der Waals surface area contributed by atoms with Gasteiger partial charge < -0.3 is 10.0 Å². The van der Waals surface area contributed by atoms with Gasteiger partial charge in [-0.05, 0) is 42.7 Å². The first-order chi connectivity index (χ1) is 14.8. The Hall–Kier alpha value is -2.23. The van der Waals surface area contributed by atoms with Crippen molar-refractivity contribution < 1.29 is 23.1 Å². The second-order valence-electron chi connectivity index (χ2n) is 8.19. The van der Waals surface area contributed by atoms with Crippen LogP contribution in [0.2, 0.25) is 0 Å². The Bertz CT molecular complexity index is 1020. The molecule has 0 atom stereocenters. The predicted molar refractivity (Wildman–Crippen MR) is 117 cm³/mol. The molecule has 1 amide bonds. The Labute approximate surface area is 186 Å². The van der Waals surface area contributed by atoms with Gasteiger partial charge in [-0.1, -0.05) is 36.4 Å². The topological polar surface area (TPSA) is 95.0 Å². The van der Waals surface area contributed by atoms with E-state index in [9.17, 15) is 23.1 Å². The third kappa shape index (κ3) is 4.14. The number of benzene rings is 1. The van der Waals surface area contributed by atoms with E-state index in [1.165, 1.54) is 15.6 Å². The van der Waals surface area contributed by atoms with Crippen molar-refractivity contribution in [2.45, 2.75) is 35.3 Å². The molecule has 4 rings (SSSR count). The monoisotopic (exact) mass is 462 g/mol. The zero-order valence-electron chi connectivity index (χ0n) is 17.1. The lowest BCUT2D eigenvalue weighted by molar-refractivity contribution is -0.149. The van der Waals surface area contributed by atoms with Gasteiger partial charge in [-0.2, -0.15) is 4.31 Å². The highest BCUT2D eigenvalue weighted by Gasteiger charge is 2.45. The van der Waals surface area contributed by atoms with Gasteiger partial charge in [0.25, 0.3) is 10.0 Å². The van der Waals surface area contributed by atoms with Gasteiger partial charge in [0.1, 0.15) is 4.21 Å². The SMILES string of the molecule is O=C(C1CCN(S(=O)(=O)c2cccs2)CC1)N1CCC(C(=O)O)(c2ccccc2)CC1. The highest BCUT2D eigenvalue weighted by Crippen LogP contribution is 2.37. The maximum atomic E-state index is 13.1.